The Morgan fingerprint density at radius 1 is 1.26 bits per heavy atom. The van der Waals surface area contributed by atoms with Gasteiger partial charge in [-0.1, -0.05) is 17.7 Å². The van der Waals surface area contributed by atoms with Crippen molar-refractivity contribution in [3.05, 3.63) is 51.2 Å². The van der Waals surface area contributed by atoms with Gasteiger partial charge in [0.25, 0.3) is 0 Å². The van der Waals surface area contributed by atoms with Crippen molar-refractivity contribution in [3.63, 3.8) is 0 Å². The molecule has 0 fully saturated rings. The Morgan fingerprint density at radius 3 is 2.58 bits per heavy atom. The summed E-state index contributed by atoms with van der Waals surface area (Å²) < 4.78 is 14.1. The standard InChI is InChI=1S/C15H19FN2S/c1-9(2)17-14(15-18-11(4)8-19-15)12-7-10(3)5-6-13(12)16/h5-9,14,17H,1-4H3. The lowest BCUT2D eigenvalue weighted by Gasteiger charge is -2.20. The number of nitrogens with one attached hydrogen (secondary N) is 1. The highest BCUT2D eigenvalue weighted by Gasteiger charge is 2.21. The summed E-state index contributed by atoms with van der Waals surface area (Å²) in [4.78, 5) is 4.50. The molecular formula is C15H19FN2S. The van der Waals surface area contributed by atoms with Crippen molar-refractivity contribution in [2.45, 2.75) is 39.8 Å². The van der Waals surface area contributed by atoms with Gasteiger partial charge in [0.2, 0.25) is 0 Å². The van der Waals surface area contributed by atoms with Crippen LogP contribution in [0, 0.1) is 19.7 Å². The Morgan fingerprint density at radius 2 is 2.00 bits per heavy atom. The molecule has 0 aliphatic carbocycles. The Bertz CT molecular complexity index is 563. The molecule has 1 heterocycles. The van der Waals surface area contributed by atoms with Crippen LogP contribution in [0.25, 0.3) is 0 Å². The molecule has 1 atom stereocenters. The van der Waals surface area contributed by atoms with Gasteiger partial charge in [-0.3, -0.25) is 0 Å². The summed E-state index contributed by atoms with van der Waals surface area (Å²) in [6.45, 7) is 8.05. The summed E-state index contributed by atoms with van der Waals surface area (Å²) in [7, 11) is 0. The molecule has 102 valence electrons. The lowest BCUT2D eigenvalue weighted by molar-refractivity contribution is 0.501. The fraction of sp³-hybridized carbons (Fsp3) is 0.400. The van der Waals surface area contributed by atoms with Crippen LogP contribution in [0.15, 0.2) is 23.6 Å². The SMILES string of the molecule is Cc1ccc(F)c(C(NC(C)C)c2nc(C)cs2)c1. The highest BCUT2D eigenvalue weighted by molar-refractivity contribution is 7.09. The normalized spacial score (nSPS) is 12.9. The highest BCUT2D eigenvalue weighted by atomic mass is 32.1. The van der Waals surface area contributed by atoms with Gasteiger partial charge in [-0.2, -0.15) is 0 Å². The molecule has 0 bridgehead atoms. The monoisotopic (exact) mass is 278 g/mol. The number of nitrogens with zero attached hydrogens (tertiary/aromatic N) is 1. The number of hydrogen-bond donors (Lipinski definition) is 1. The van der Waals surface area contributed by atoms with Gasteiger partial charge in [-0.05, 0) is 33.8 Å². The van der Waals surface area contributed by atoms with Gasteiger partial charge in [0.05, 0.1) is 6.04 Å². The van der Waals surface area contributed by atoms with E-state index in [1.807, 2.05) is 25.3 Å². The summed E-state index contributed by atoms with van der Waals surface area (Å²) >= 11 is 1.57. The summed E-state index contributed by atoms with van der Waals surface area (Å²) in [6.07, 6.45) is 0. The first kappa shape index (κ1) is 14.2. The van der Waals surface area contributed by atoms with Crippen molar-refractivity contribution in [1.82, 2.24) is 10.3 Å². The third kappa shape index (κ3) is 3.39. The predicted molar refractivity (Wildman–Crippen MR) is 78.1 cm³/mol. The van der Waals surface area contributed by atoms with Gasteiger partial charge in [0.15, 0.2) is 0 Å². The van der Waals surface area contributed by atoms with E-state index in [2.05, 4.69) is 24.1 Å². The maximum atomic E-state index is 14.1. The smallest absolute Gasteiger partial charge is 0.128 e. The van der Waals surface area contributed by atoms with Crippen LogP contribution < -0.4 is 5.32 Å². The van der Waals surface area contributed by atoms with Gasteiger partial charge in [0, 0.05) is 22.7 Å². The van der Waals surface area contributed by atoms with E-state index in [0.29, 0.717) is 5.56 Å². The minimum Gasteiger partial charge on any atom is -0.302 e. The Labute approximate surface area is 117 Å². The van der Waals surface area contributed by atoms with E-state index in [4.69, 9.17) is 0 Å². The molecule has 1 aromatic carbocycles. The van der Waals surface area contributed by atoms with Crippen LogP contribution in [0.1, 0.15) is 41.7 Å². The van der Waals surface area contributed by atoms with Crippen molar-refractivity contribution in [2.24, 2.45) is 0 Å². The summed E-state index contributed by atoms with van der Waals surface area (Å²) in [5.41, 5.74) is 2.70. The first-order valence-electron chi connectivity index (χ1n) is 6.41. The number of aryl methyl sites for hydroxylation is 2. The first-order valence-corrected chi connectivity index (χ1v) is 7.29. The molecule has 1 aromatic heterocycles. The zero-order valence-electron chi connectivity index (χ0n) is 11.7. The molecule has 0 saturated carbocycles. The molecule has 0 radical (unpaired) electrons. The zero-order chi connectivity index (χ0) is 14.0. The second-order valence-corrected chi connectivity index (χ2v) is 6.00. The van der Waals surface area contributed by atoms with E-state index in [1.165, 1.54) is 6.07 Å². The second kappa shape index (κ2) is 5.80. The number of aromatic nitrogens is 1. The Balaban J connectivity index is 2.45. The molecular weight excluding hydrogens is 259 g/mol. The quantitative estimate of drug-likeness (QED) is 0.915. The molecule has 0 aliphatic heterocycles. The van der Waals surface area contributed by atoms with Crippen LogP contribution in [0.2, 0.25) is 0 Å². The largest absolute Gasteiger partial charge is 0.302 e. The molecule has 1 N–H and O–H groups in total. The minimum atomic E-state index is -0.184. The molecule has 1 unspecified atom stereocenters. The van der Waals surface area contributed by atoms with E-state index in [0.717, 1.165) is 16.3 Å². The maximum Gasteiger partial charge on any atom is 0.128 e. The molecule has 2 rings (SSSR count). The number of hydrogen-bond acceptors (Lipinski definition) is 3. The lowest BCUT2D eigenvalue weighted by atomic mass is 10.0. The first-order chi connectivity index (χ1) is 8.97. The van der Waals surface area contributed by atoms with Crippen molar-refractivity contribution in [3.8, 4) is 0 Å². The number of benzene rings is 1. The number of rotatable bonds is 4. The van der Waals surface area contributed by atoms with E-state index in [-0.39, 0.29) is 17.9 Å². The highest BCUT2D eigenvalue weighted by Crippen LogP contribution is 2.28. The van der Waals surface area contributed by atoms with Crippen LogP contribution >= 0.6 is 11.3 Å². The fourth-order valence-electron chi connectivity index (χ4n) is 2.02. The average molecular weight is 278 g/mol. The molecule has 0 spiro atoms. The Kier molecular flexibility index (Phi) is 4.32. The van der Waals surface area contributed by atoms with Crippen molar-refractivity contribution in [1.29, 1.82) is 0 Å². The van der Waals surface area contributed by atoms with Crippen LogP contribution in [-0.2, 0) is 0 Å². The van der Waals surface area contributed by atoms with E-state index in [9.17, 15) is 4.39 Å². The van der Waals surface area contributed by atoms with Gasteiger partial charge in [-0.15, -0.1) is 11.3 Å². The zero-order valence-corrected chi connectivity index (χ0v) is 12.5. The van der Waals surface area contributed by atoms with Crippen LogP contribution in [0.5, 0.6) is 0 Å². The van der Waals surface area contributed by atoms with Gasteiger partial charge >= 0.3 is 0 Å². The molecule has 2 aromatic rings. The van der Waals surface area contributed by atoms with E-state index in [1.54, 1.807) is 17.4 Å². The van der Waals surface area contributed by atoms with E-state index < -0.39 is 0 Å². The Hall–Kier alpha value is -1.26. The van der Waals surface area contributed by atoms with Crippen LogP contribution in [0.3, 0.4) is 0 Å². The van der Waals surface area contributed by atoms with Crippen molar-refractivity contribution in [2.75, 3.05) is 0 Å². The third-order valence-corrected chi connectivity index (χ3v) is 3.87. The van der Waals surface area contributed by atoms with Gasteiger partial charge < -0.3 is 5.32 Å². The predicted octanol–water partition coefficient (Wildman–Crippen LogP) is 3.99. The molecule has 0 aliphatic rings. The van der Waals surface area contributed by atoms with Gasteiger partial charge in [-0.25, -0.2) is 9.37 Å². The maximum absolute atomic E-state index is 14.1. The molecule has 4 heteroatoms. The molecule has 2 nitrogen and oxygen atoms in total. The lowest BCUT2D eigenvalue weighted by Crippen LogP contribution is -2.29. The summed E-state index contributed by atoms with van der Waals surface area (Å²) in [5.74, 6) is -0.184. The fourth-order valence-corrected chi connectivity index (χ4v) is 2.89. The minimum absolute atomic E-state index is 0.182. The van der Waals surface area contributed by atoms with Crippen LogP contribution in [0.4, 0.5) is 4.39 Å². The van der Waals surface area contributed by atoms with Crippen LogP contribution in [-0.4, -0.2) is 11.0 Å². The number of halogens is 1. The van der Waals surface area contributed by atoms with Crippen molar-refractivity contribution >= 4 is 11.3 Å². The second-order valence-electron chi connectivity index (χ2n) is 5.11. The van der Waals surface area contributed by atoms with Gasteiger partial charge in [0.1, 0.15) is 10.8 Å². The van der Waals surface area contributed by atoms with E-state index >= 15 is 0 Å². The summed E-state index contributed by atoms with van der Waals surface area (Å²) in [5, 5.41) is 6.31. The average Bonchev–Trinajstić information content (AvgIpc) is 2.76. The third-order valence-electron chi connectivity index (χ3n) is 2.85. The molecule has 0 saturated heterocycles. The van der Waals surface area contributed by atoms with Crippen molar-refractivity contribution < 1.29 is 4.39 Å². The summed E-state index contributed by atoms with van der Waals surface area (Å²) in [6, 6.07) is 5.29. The topological polar surface area (TPSA) is 24.9 Å². The number of thiazole rings is 1. The molecule has 0 amide bonds. The molecule has 19 heavy (non-hydrogen) atoms.